The molecule has 1 N–H and O–H groups in total. The molecule has 0 amide bonds. The second-order valence-corrected chi connectivity index (χ2v) is 5.60. The van der Waals surface area contributed by atoms with Crippen LogP contribution in [0.3, 0.4) is 0 Å². The standard InChI is InChI=1S/C14H23N7/c1-10(2)9-20(11(3)4)13-17-12(15-5)18-14(19-13)21-8-6-7-16-21/h6-8,10-11H,9H2,1-5H3,(H,15,17,18,19). The van der Waals surface area contributed by atoms with Crippen LogP contribution in [0.1, 0.15) is 27.7 Å². The summed E-state index contributed by atoms with van der Waals surface area (Å²) < 4.78 is 1.64. The van der Waals surface area contributed by atoms with Gasteiger partial charge >= 0.3 is 0 Å². The Hall–Kier alpha value is -2.18. The molecule has 0 unspecified atom stereocenters. The fraction of sp³-hybridized carbons (Fsp3) is 0.571. The second kappa shape index (κ2) is 6.51. The lowest BCUT2D eigenvalue weighted by Gasteiger charge is -2.28. The highest BCUT2D eigenvalue weighted by Gasteiger charge is 2.18. The molecule has 0 aromatic carbocycles. The average Bonchev–Trinajstić information content (AvgIpc) is 2.98. The van der Waals surface area contributed by atoms with Crippen LogP contribution in [-0.2, 0) is 0 Å². The van der Waals surface area contributed by atoms with Gasteiger partial charge in [0.05, 0.1) is 0 Å². The highest BCUT2D eigenvalue weighted by Crippen LogP contribution is 2.17. The van der Waals surface area contributed by atoms with Gasteiger partial charge in [0.2, 0.25) is 11.9 Å². The summed E-state index contributed by atoms with van der Waals surface area (Å²) in [4.78, 5) is 15.6. The average molecular weight is 289 g/mol. The molecule has 0 aliphatic heterocycles. The molecule has 2 aromatic heterocycles. The normalized spacial score (nSPS) is 11.2. The molecule has 7 heteroatoms. The van der Waals surface area contributed by atoms with E-state index in [-0.39, 0.29) is 0 Å². The van der Waals surface area contributed by atoms with Crippen LogP contribution in [0.4, 0.5) is 11.9 Å². The summed E-state index contributed by atoms with van der Waals surface area (Å²) >= 11 is 0. The maximum atomic E-state index is 4.56. The largest absolute Gasteiger partial charge is 0.357 e. The van der Waals surface area contributed by atoms with Gasteiger partial charge in [0.15, 0.2) is 0 Å². The van der Waals surface area contributed by atoms with E-state index in [4.69, 9.17) is 0 Å². The minimum Gasteiger partial charge on any atom is -0.357 e. The summed E-state index contributed by atoms with van der Waals surface area (Å²) in [6, 6.07) is 2.15. The molecule has 7 nitrogen and oxygen atoms in total. The number of anilines is 2. The van der Waals surface area contributed by atoms with Gasteiger partial charge in [-0.05, 0) is 25.8 Å². The van der Waals surface area contributed by atoms with Crippen molar-refractivity contribution >= 4 is 11.9 Å². The van der Waals surface area contributed by atoms with Crippen LogP contribution in [-0.4, -0.2) is 44.4 Å². The highest BCUT2D eigenvalue weighted by atomic mass is 15.4. The zero-order valence-electron chi connectivity index (χ0n) is 13.3. The molecule has 0 fully saturated rings. The Morgan fingerprint density at radius 2 is 1.95 bits per heavy atom. The molecule has 0 radical (unpaired) electrons. The van der Waals surface area contributed by atoms with Crippen LogP contribution >= 0.6 is 0 Å². The third kappa shape index (κ3) is 3.68. The van der Waals surface area contributed by atoms with E-state index in [1.165, 1.54) is 0 Å². The van der Waals surface area contributed by atoms with E-state index >= 15 is 0 Å². The monoisotopic (exact) mass is 289 g/mol. The first-order chi connectivity index (χ1) is 10.0. The van der Waals surface area contributed by atoms with Crippen molar-refractivity contribution in [3.8, 4) is 5.95 Å². The quantitative estimate of drug-likeness (QED) is 0.876. The molecule has 0 saturated heterocycles. The molecule has 21 heavy (non-hydrogen) atoms. The van der Waals surface area contributed by atoms with Crippen molar-refractivity contribution in [2.45, 2.75) is 33.7 Å². The predicted octanol–water partition coefficient (Wildman–Crippen LogP) is 1.97. The molecule has 114 valence electrons. The van der Waals surface area contributed by atoms with Crippen LogP contribution in [0, 0.1) is 5.92 Å². The molecule has 0 saturated carbocycles. The first-order valence-electron chi connectivity index (χ1n) is 7.21. The number of hydrogen-bond donors (Lipinski definition) is 1. The molecular formula is C14H23N7. The van der Waals surface area contributed by atoms with Gasteiger partial charge in [0.25, 0.3) is 5.95 Å². The van der Waals surface area contributed by atoms with Gasteiger partial charge in [-0.15, -0.1) is 0 Å². The molecule has 2 rings (SSSR count). The lowest BCUT2D eigenvalue weighted by molar-refractivity contribution is 0.558. The Morgan fingerprint density at radius 1 is 1.19 bits per heavy atom. The molecule has 2 heterocycles. The van der Waals surface area contributed by atoms with Crippen molar-refractivity contribution < 1.29 is 0 Å². The molecule has 2 aromatic rings. The Kier molecular flexibility index (Phi) is 4.72. The SMILES string of the molecule is CNc1nc(N(CC(C)C)C(C)C)nc(-n2cccn2)n1. The molecular weight excluding hydrogens is 266 g/mol. The summed E-state index contributed by atoms with van der Waals surface area (Å²) in [6.07, 6.45) is 3.53. The summed E-state index contributed by atoms with van der Waals surface area (Å²) in [5, 5.41) is 7.17. The van der Waals surface area contributed by atoms with Gasteiger partial charge in [0, 0.05) is 32.0 Å². The number of nitrogens with one attached hydrogen (secondary N) is 1. The number of nitrogens with zero attached hydrogens (tertiary/aromatic N) is 6. The zero-order valence-corrected chi connectivity index (χ0v) is 13.3. The number of rotatable bonds is 6. The Morgan fingerprint density at radius 3 is 2.48 bits per heavy atom. The van der Waals surface area contributed by atoms with Crippen molar-refractivity contribution in [2.75, 3.05) is 23.8 Å². The minimum absolute atomic E-state index is 0.310. The minimum atomic E-state index is 0.310. The Bertz CT molecular complexity index is 563. The molecule has 0 aliphatic carbocycles. The van der Waals surface area contributed by atoms with Gasteiger partial charge in [-0.2, -0.15) is 20.1 Å². The number of aromatic nitrogens is 5. The lowest BCUT2D eigenvalue weighted by Crippen LogP contribution is -2.36. The Labute approximate surface area is 125 Å². The van der Waals surface area contributed by atoms with E-state index in [0.29, 0.717) is 29.8 Å². The van der Waals surface area contributed by atoms with Crippen LogP contribution in [0.15, 0.2) is 18.5 Å². The van der Waals surface area contributed by atoms with Crippen LogP contribution in [0.2, 0.25) is 0 Å². The molecule has 0 aliphatic rings. The second-order valence-electron chi connectivity index (χ2n) is 5.60. The fourth-order valence-electron chi connectivity index (χ4n) is 2.00. The van der Waals surface area contributed by atoms with Gasteiger partial charge in [-0.3, -0.25) is 0 Å². The van der Waals surface area contributed by atoms with Crippen molar-refractivity contribution in [3.05, 3.63) is 18.5 Å². The van der Waals surface area contributed by atoms with Gasteiger partial charge in [-0.25, -0.2) is 4.68 Å². The van der Waals surface area contributed by atoms with Crippen molar-refractivity contribution in [3.63, 3.8) is 0 Å². The van der Waals surface area contributed by atoms with E-state index in [1.807, 2.05) is 12.3 Å². The maximum absolute atomic E-state index is 4.56. The highest BCUT2D eigenvalue weighted by molar-refractivity contribution is 5.40. The van der Waals surface area contributed by atoms with Crippen LogP contribution < -0.4 is 10.2 Å². The first-order valence-corrected chi connectivity index (χ1v) is 7.21. The van der Waals surface area contributed by atoms with Crippen molar-refractivity contribution in [2.24, 2.45) is 5.92 Å². The number of hydrogen-bond acceptors (Lipinski definition) is 6. The summed E-state index contributed by atoms with van der Waals surface area (Å²) in [7, 11) is 1.80. The van der Waals surface area contributed by atoms with E-state index in [1.54, 1.807) is 17.9 Å². The third-order valence-electron chi connectivity index (χ3n) is 2.99. The molecule has 0 spiro atoms. The summed E-state index contributed by atoms with van der Waals surface area (Å²) in [5.41, 5.74) is 0. The van der Waals surface area contributed by atoms with E-state index in [0.717, 1.165) is 6.54 Å². The van der Waals surface area contributed by atoms with Gasteiger partial charge in [0.1, 0.15) is 0 Å². The van der Waals surface area contributed by atoms with E-state index in [2.05, 4.69) is 58.0 Å². The van der Waals surface area contributed by atoms with Gasteiger partial charge in [-0.1, -0.05) is 13.8 Å². The zero-order chi connectivity index (χ0) is 15.4. The van der Waals surface area contributed by atoms with Gasteiger partial charge < -0.3 is 10.2 Å². The van der Waals surface area contributed by atoms with Crippen LogP contribution in [0.25, 0.3) is 5.95 Å². The molecule has 0 atom stereocenters. The summed E-state index contributed by atoms with van der Waals surface area (Å²) in [5.74, 6) is 2.25. The topological polar surface area (TPSA) is 71.8 Å². The first kappa shape index (κ1) is 15.2. The van der Waals surface area contributed by atoms with Crippen molar-refractivity contribution in [1.82, 2.24) is 24.7 Å². The van der Waals surface area contributed by atoms with E-state index < -0.39 is 0 Å². The Balaban J connectivity index is 2.44. The van der Waals surface area contributed by atoms with Crippen molar-refractivity contribution in [1.29, 1.82) is 0 Å². The predicted molar refractivity (Wildman–Crippen MR) is 83.8 cm³/mol. The van der Waals surface area contributed by atoms with E-state index in [9.17, 15) is 0 Å². The fourth-order valence-corrected chi connectivity index (χ4v) is 2.00. The third-order valence-corrected chi connectivity index (χ3v) is 2.99. The lowest BCUT2D eigenvalue weighted by atomic mass is 10.2. The molecule has 0 bridgehead atoms. The summed E-state index contributed by atoms with van der Waals surface area (Å²) in [6.45, 7) is 9.54. The van der Waals surface area contributed by atoms with Crippen LogP contribution in [0.5, 0.6) is 0 Å². The smallest absolute Gasteiger partial charge is 0.257 e. The maximum Gasteiger partial charge on any atom is 0.257 e.